The van der Waals surface area contributed by atoms with Gasteiger partial charge in [-0.25, -0.2) is 12.8 Å². The van der Waals surface area contributed by atoms with E-state index in [4.69, 9.17) is 0 Å². The molecule has 0 bridgehead atoms. The Balaban J connectivity index is 2.36. The van der Waals surface area contributed by atoms with Crippen molar-refractivity contribution in [2.24, 2.45) is 0 Å². The number of aryl methyl sites for hydroxylation is 2. The Morgan fingerprint density at radius 3 is 2.35 bits per heavy atom. The molecule has 2 aromatic carbocycles. The van der Waals surface area contributed by atoms with E-state index in [1.807, 2.05) is 32.0 Å². The van der Waals surface area contributed by atoms with E-state index >= 15 is 0 Å². The van der Waals surface area contributed by atoms with Gasteiger partial charge in [-0.1, -0.05) is 25.1 Å². The van der Waals surface area contributed by atoms with Gasteiger partial charge < -0.3 is 5.32 Å². The second-order valence-corrected chi connectivity index (χ2v) is 8.02. The van der Waals surface area contributed by atoms with Crippen molar-refractivity contribution < 1.29 is 17.6 Å². The second kappa shape index (κ2) is 7.86. The maximum Gasteiger partial charge on any atom is 0.248 e. The maximum absolute atomic E-state index is 13.2. The minimum Gasteiger partial charge on any atom is -0.324 e. The third-order valence-corrected chi connectivity index (χ3v) is 5.40. The molecule has 1 atom stereocenters. The zero-order valence-corrected chi connectivity index (χ0v) is 16.1. The lowest BCUT2D eigenvalue weighted by Crippen LogP contribution is -2.45. The molecule has 0 aromatic heterocycles. The third kappa shape index (κ3) is 4.40. The molecule has 1 amide bonds. The van der Waals surface area contributed by atoms with Crippen LogP contribution in [0.5, 0.6) is 0 Å². The van der Waals surface area contributed by atoms with Crippen molar-refractivity contribution in [2.45, 2.75) is 33.2 Å². The summed E-state index contributed by atoms with van der Waals surface area (Å²) in [6.07, 6.45) is 1.75. The van der Waals surface area contributed by atoms with Crippen molar-refractivity contribution in [1.29, 1.82) is 0 Å². The molecule has 2 aromatic rings. The van der Waals surface area contributed by atoms with Crippen molar-refractivity contribution in [1.82, 2.24) is 0 Å². The molecule has 0 aliphatic carbocycles. The number of halogens is 1. The lowest BCUT2D eigenvalue weighted by atomic mass is 10.1. The summed E-state index contributed by atoms with van der Waals surface area (Å²) in [7, 11) is -3.74. The second-order valence-electron chi connectivity index (χ2n) is 6.16. The molecule has 140 valence electrons. The van der Waals surface area contributed by atoms with Gasteiger partial charge in [0.2, 0.25) is 15.9 Å². The van der Waals surface area contributed by atoms with Gasteiger partial charge in [0.15, 0.2) is 0 Å². The molecule has 1 unspecified atom stereocenters. The van der Waals surface area contributed by atoms with Gasteiger partial charge in [0, 0.05) is 5.69 Å². The molecule has 0 aliphatic heterocycles. The molecule has 1 N–H and O–H groups in total. The van der Waals surface area contributed by atoms with Gasteiger partial charge in [-0.15, -0.1) is 0 Å². The fourth-order valence-corrected chi connectivity index (χ4v) is 4.00. The van der Waals surface area contributed by atoms with E-state index in [0.29, 0.717) is 5.69 Å². The van der Waals surface area contributed by atoms with Crippen LogP contribution in [0.3, 0.4) is 0 Å². The molecule has 0 saturated heterocycles. The van der Waals surface area contributed by atoms with Crippen LogP contribution in [0.25, 0.3) is 0 Å². The Morgan fingerprint density at radius 1 is 1.19 bits per heavy atom. The first-order valence-electron chi connectivity index (χ1n) is 8.29. The standard InChI is InChI=1S/C19H23FN2O3S/c1-5-15-8-6-7-13(2)18(15)21-19(23)14(3)22(26(4,24)25)17-11-9-16(20)10-12-17/h6-12,14H,5H2,1-4H3,(H,21,23). The zero-order valence-electron chi connectivity index (χ0n) is 15.3. The normalized spacial score (nSPS) is 12.5. The average Bonchev–Trinajstić information content (AvgIpc) is 2.57. The predicted octanol–water partition coefficient (Wildman–Crippen LogP) is 3.49. The topological polar surface area (TPSA) is 66.5 Å². The molecule has 7 heteroatoms. The van der Waals surface area contributed by atoms with E-state index in [-0.39, 0.29) is 5.69 Å². The lowest BCUT2D eigenvalue weighted by Gasteiger charge is -2.28. The van der Waals surface area contributed by atoms with Crippen LogP contribution >= 0.6 is 0 Å². The van der Waals surface area contributed by atoms with Crippen molar-refractivity contribution in [2.75, 3.05) is 15.9 Å². The number of carbonyl (C=O) groups is 1. The number of amides is 1. The number of benzene rings is 2. The monoisotopic (exact) mass is 378 g/mol. The number of anilines is 2. The van der Waals surface area contributed by atoms with E-state index in [9.17, 15) is 17.6 Å². The summed E-state index contributed by atoms with van der Waals surface area (Å²) in [4.78, 5) is 12.8. The van der Waals surface area contributed by atoms with Crippen LogP contribution in [-0.2, 0) is 21.2 Å². The van der Waals surface area contributed by atoms with Gasteiger partial charge >= 0.3 is 0 Å². The fourth-order valence-electron chi connectivity index (χ4n) is 2.83. The average molecular weight is 378 g/mol. The van der Waals surface area contributed by atoms with Crippen molar-refractivity contribution in [3.05, 3.63) is 59.4 Å². The highest BCUT2D eigenvalue weighted by atomic mass is 32.2. The molecular formula is C19H23FN2O3S. The molecule has 2 rings (SSSR count). The summed E-state index contributed by atoms with van der Waals surface area (Å²) in [5.41, 5.74) is 2.80. The Bertz CT molecular complexity index is 896. The lowest BCUT2D eigenvalue weighted by molar-refractivity contribution is -0.116. The van der Waals surface area contributed by atoms with Crippen molar-refractivity contribution >= 4 is 27.3 Å². The van der Waals surface area contributed by atoms with Crippen LogP contribution in [0.15, 0.2) is 42.5 Å². The summed E-state index contributed by atoms with van der Waals surface area (Å²) in [5.74, 6) is -0.935. The third-order valence-electron chi connectivity index (χ3n) is 4.16. The first-order valence-corrected chi connectivity index (χ1v) is 10.1. The zero-order chi connectivity index (χ0) is 19.5. The molecule has 26 heavy (non-hydrogen) atoms. The van der Waals surface area contributed by atoms with Gasteiger partial charge in [0.25, 0.3) is 0 Å². The number of rotatable bonds is 6. The van der Waals surface area contributed by atoms with Crippen molar-refractivity contribution in [3.8, 4) is 0 Å². The SMILES string of the molecule is CCc1cccc(C)c1NC(=O)C(C)N(c1ccc(F)cc1)S(C)(=O)=O. The molecular weight excluding hydrogens is 355 g/mol. The predicted molar refractivity (Wildman–Crippen MR) is 102 cm³/mol. The van der Waals surface area contributed by atoms with E-state index in [2.05, 4.69) is 5.32 Å². The summed E-state index contributed by atoms with van der Waals surface area (Å²) in [6.45, 7) is 5.37. The highest BCUT2D eigenvalue weighted by Crippen LogP contribution is 2.24. The number of hydrogen-bond acceptors (Lipinski definition) is 3. The largest absolute Gasteiger partial charge is 0.324 e. The first kappa shape index (κ1) is 19.9. The summed E-state index contributed by atoms with van der Waals surface area (Å²) < 4.78 is 38.7. The molecule has 0 heterocycles. The van der Waals surface area contributed by atoms with Crippen LogP contribution in [0.1, 0.15) is 25.0 Å². The molecule has 0 spiro atoms. The van der Waals surface area contributed by atoms with E-state index in [0.717, 1.165) is 40.2 Å². The molecule has 0 fully saturated rings. The Hall–Kier alpha value is -2.41. The smallest absolute Gasteiger partial charge is 0.248 e. The Labute approximate surface area is 153 Å². The number of sulfonamides is 1. The quantitative estimate of drug-likeness (QED) is 0.837. The van der Waals surface area contributed by atoms with Crippen LogP contribution in [-0.4, -0.2) is 26.6 Å². The number of carbonyl (C=O) groups excluding carboxylic acids is 1. The van der Waals surface area contributed by atoms with Crippen LogP contribution < -0.4 is 9.62 Å². The summed E-state index contributed by atoms with van der Waals surface area (Å²) in [5, 5.41) is 2.84. The Morgan fingerprint density at radius 2 is 1.81 bits per heavy atom. The van der Waals surface area contributed by atoms with Gasteiger partial charge in [0.1, 0.15) is 11.9 Å². The van der Waals surface area contributed by atoms with E-state index in [1.165, 1.54) is 19.1 Å². The number of nitrogens with zero attached hydrogens (tertiary/aromatic N) is 1. The summed E-state index contributed by atoms with van der Waals surface area (Å²) in [6, 6.07) is 9.71. The molecule has 5 nitrogen and oxygen atoms in total. The van der Waals surface area contributed by atoms with Crippen LogP contribution in [0.2, 0.25) is 0 Å². The molecule has 0 aliphatic rings. The fraction of sp³-hybridized carbons (Fsp3) is 0.316. The van der Waals surface area contributed by atoms with Gasteiger partial charge in [-0.3, -0.25) is 9.10 Å². The minimum atomic E-state index is -3.74. The van der Waals surface area contributed by atoms with Gasteiger partial charge in [-0.2, -0.15) is 0 Å². The number of para-hydroxylation sites is 1. The van der Waals surface area contributed by atoms with Crippen LogP contribution in [0, 0.1) is 12.7 Å². The highest BCUT2D eigenvalue weighted by Gasteiger charge is 2.29. The van der Waals surface area contributed by atoms with E-state index < -0.39 is 27.8 Å². The first-order chi connectivity index (χ1) is 12.1. The maximum atomic E-state index is 13.2. The molecule has 0 radical (unpaired) electrons. The number of hydrogen-bond donors (Lipinski definition) is 1. The van der Waals surface area contributed by atoms with Gasteiger partial charge in [-0.05, 0) is 55.7 Å². The van der Waals surface area contributed by atoms with Crippen LogP contribution in [0.4, 0.5) is 15.8 Å². The number of nitrogens with one attached hydrogen (secondary N) is 1. The summed E-state index contributed by atoms with van der Waals surface area (Å²) >= 11 is 0. The highest BCUT2D eigenvalue weighted by molar-refractivity contribution is 7.92. The minimum absolute atomic E-state index is 0.233. The van der Waals surface area contributed by atoms with E-state index in [1.54, 1.807) is 0 Å². The Kier molecular flexibility index (Phi) is 6.02. The van der Waals surface area contributed by atoms with Crippen molar-refractivity contribution in [3.63, 3.8) is 0 Å². The van der Waals surface area contributed by atoms with Gasteiger partial charge in [0.05, 0.1) is 11.9 Å². The molecule has 0 saturated carbocycles.